The van der Waals surface area contributed by atoms with Crippen LogP contribution in [0.15, 0.2) is 0 Å². The van der Waals surface area contributed by atoms with E-state index in [0.29, 0.717) is 17.9 Å². The van der Waals surface area contributed by atoms with Crippen LogP contribution >= 0.6 is 23.6 Å². The number of rotatable bonds is 3. The first-order valence-electron chi connectivity index (χ1n) is 6.84. The predicted octanol–water partition coefficient (Wildman–Crippen LogP) is 3.74. The fourth-order valence-electron chi connectivity index (χ4n) is 2.85. The smallest absolute Gasteiger partial charge is 0.225 e. The molecule has 2 N–H and O–H groups in total. The van der Waals surface area contributed by atoms with Crippen LogP contribution in [0.2, 0.25) is 0 Å². The minimum Gasteiger partial charge on any atom is -0.353 e. The Kier molecular flexibility index (Phi) is 4.46. The number of hydrogen-bond acceptors (Lipinski definition) is 3. The molecule has 0 bridgehead atoms. The van der Waals surface area contributed by atoms with E-state index >= 15 is 0 Å². The molecule has 1 aromatic heterocycles. The van der Waals surface area contributed by atoms with Crippen molar-refractivity contribution in [2.45, 2.75) is 58.9 Å². The first kappa shape index (κ1) is 14.7. The zero-order valence-electron chi connectivity index (χ0n) is 11.8. The monoisotopic (exact) mass is 298 g/mol. The zero-order chi connectivity index (χ0) is 14.0. The van der Waals surface area contributed by atoms with E-state index in [1.807, 2.05) is 6.92 Å². The molecule has 19 heavy (non-hydrogen) atoms. The summed E-state index contributed by atoms with van der Waals surface area (Å²) in [5, 5.41) is 3.18. The van der Waals surface area contributed by atoms with Crippen molar-refractivity contribution >= 4 is 29.5 Å². The van der Waals surface area contributed by atoms with Crippen molar-refractivity contribution in [3.8, 4) is 0 Å². The summed E-state index contributed by atoms with van der Waals surface area (Å²) in [7, 11) is 0. The molecule has 0 saturated heterocycles. The summed E-state index contributed by atoms with van der Waals surface area (Å²) in [5.41, 5.74) is 1.38. The lowest BCUT2D eigenvalue weighted by atomic mass is 9.75. The van der Waals surface area contributed by atoms with E-state index in [9.17, 15) is 4.79 Å². The van der Waals surface area contributed by atoms with Crippen molar-refractivity contribution in [1.82, 2.24) is 10.3 Å². The summed E-state index contributed by atoms with van der Waals surface area (Å²) in [6, 6.07) is 0.337. The Labute approximate surface area is 123 Å². The third-order valence-corrected chi connectivity index (χ3v) is 5.15. The lowest BCUT2D eigenvalue weighted by Crippen LogP contribution is -2.41. The third-order valence-electron chi connectivity index (χ3n) is 3.82. The van der Waals surface area contributed by atoms with Gasteiger partial charge in [-0.1, -0.05) is 20.3 Å². The van der Waals surface area contributed by atoms with Gasteiger partial charge in [0, 0.05) is 16.6 Å². The fourth-order valence-corrected chi connectivity index (χ4v) is 4.14. The molecule has 1 amide bonds. The summed E-state index contributed by atoms with van der Waals surface area (Å²) < 4.78 is 0.749. The molecule has 0 aromatic carbocycles. The second kappa shape index (κ2) is 5.75. The Morgan fingerprint density at radius 1 is 1.58 bits per heavy atom. The Hall–Kier alpha value is -0.680. The quantitative estimate of drug-likeness (QED) is 0.835. The van der Waals surface area contributed by atoms with E-state index in [-0.39, 0.29) is 5.91 Å². The number of aryl methyl sites for hydroxylation is 1. The second-order valence-electron chi connectivity index (χ2n) is 6.26. The molecule has 1 unspecified atom stereocenters. The Bertz CT molecular complexity index is 516. The van der Waals surface area contributed by atoms with E-state index in [1.165, 1.54) is 24.2 Å². The SMILES string of the molecule is Cc1[nH]c(=S)sc1CC(=O)NC1CCCC(C)(C)C1. The van der Waals surface area contributed by atoms with Gasteiger partial charge in [0.1, 0.15) is 0 Å². The molecular weight excluding hydrogens is 276 g/mol. The first-order chi connectivity index (χ1) is 8.85. The molecular formula is C14H22N2OS2. The van der Waals surface area contributed by atoms with Crippen molar-refractivity contribution in [1.29, 1.82) is 0 Å². The van der Waals surface area contributed by atoms with Crippen LogP contribution in [-0.2, 0) is 11.2 Å². The highest BCUT2D eigenvalue weighted by atomic mass is 32.1. The number of H-pyrrole nitrogens is 1. The maximum absolute atomic E-state index is 12.1. The number of carbonyl (C=O) groups excluding carboxylic acids is 1. The van der Waals surface area contributed by atoms with Crippen molar-refractivity contribution in [2.75, 3.05) is 0 Å². The van der Waals surface area contributed by atoms with Gasteiger partial charge in [-0.05, 0) is 43.8 Å². The maximum atomic E-state index is 12.1. The van der Waals surface area contributed by atoms with Crippen LogP contribution in [0.4, 0.5) is 0 Å². The minimum absolute atomic E-state index is 0.121. The van der Waals surface area contributed by atoms with Crippen LogP contribution in [0, 0.1) is 16.3 Å². The van der Waals surface area contributed by atoms with Crippen molar-refractivity contribution < 1.29 is 4.79 Å². The van der Waals surface area contributed by atoms with Crippen molar-refractivity contribution in [3.05, 3.63) is 14.5 Å². The van der Waals surface area contributed by atoms with Gasteiger partial charge in [-0.3, -0.25) is 4.79 Å². The molecule has 1 atom stereocenters. The average Bonchev–Trinajstić information content (AvgIpc) is 2.55. The van der Waals surface area contributed by atoms with E-state index in [0.717, 1.165) is 27.4 Å². The standard InChI is InChI=1S/C14H22N2OS2/c1-9-11(19-13(18)15-9)7-12(17)16-10-5-4-6-14(2,3)8-10/h10H,4-8H2,1-3H3,(H,15,18)(H,16,17). The Morgan fingerprint density at radius 3 is 2.89 bits per heavy atom. The lowest BCUT2D eigenvalue weighted by Gasteiger charge is -2.35. The summed E-state index contributed by atoms with van der Waals surface area (Å²) in [6.07, 6.45) is 5.11. The molecule has 1 aliphatic rings. The van der Waals surface area contributed by atoms with Gasteiger partial charge in [-0.25, -0.2) is 0 Å². The number of aromatic nitrogens is 1. The second-order valence-corrected chi connectivity index (χ2v) is 8.04. The van der Waals surface area contributed by atoms with Gasteiger partial charge >= 0.3 is 0 Å². The zero-order valence-corrected chi connectivity index (χ0v) is 13.5. The third kappa shape index (κ3) is 4.14. The lowest BCUT2D eigenvalue weighted by molar-refractivity contribution is -0.121. The highest BCUT2D eigenvalue weighted by Crippen LogP contribution is 2.35. The average molecular weight is 298 g/mol. The number of hydrogen-bond donors (Lipinski definition) is 2. The van der Waals surface area contributed by atoms with Crippen LogP contribution in [-0.4, -0.2) is 16.9 Å². The van der Waals surface area contributed by atoms with E-state index in [4.69, 9.17) is 12.2 Å². The van der Waals surface area contributed by atoms with Crippen LogP contribution in [0.1, 0.15) is 50.1 Å². The molecule has 0 radical (unpaired) electrons. The van der Waals surface area contributed by atoms with Gasteiger partial charge in [0.05, 0.1) is 6.42 Å². The van der Waals surface area contributed by atoms with Crippen LogP contribution in [0.3, 0.4) is 0 Å². The number of amides is 1. The molecule has 5 heteroatoms. The van der Waals surface area contributed by atoms with Gasteiger partial charge in [0.2, 0.25) is 5.91 Å². The van der Waals surface area contributed by atoms with E-state index in [2.05, 4.69) is 24.1 Å². The van der Waals surface area contributed by atoms with Crippen LogP contribution in [0.25, 0.3) is 0 Å². The summed E-state index contributed by atoms with van der Waals surface area (Å²) in [4.78, 5) is 16.2. The summed E-state index contributed by atoms with van der Waals surface area (Å²) in [6.45, 7) is 6.54. The Morgan fingerprint density at radius 2 is 2.32 bits per heavy atom. The highest BCUT2D eigenvalue weighted by molar-refractivity contribution is 7.73. The topological polar surface area (TPSA) is 44.9 Å². The molecule has 2 rings (SSSR count). The fraction of sp³-hybridized carbons (Fsp3) is 0.714. The molecule has 0 aliphatic heterocycles. The molecule has 106 valence electrons. The number of carbonyl (C=O) groups is 1. The van der Waals surface area contributed by atoms with Crippen LogP contribution in [0.5, 0.6) is 0 Å². The van der Waals surface area contributed by atoms with Crippen LogP contribution < -0.4 is 5.32 Å². The molecule has 1 saturated carbocycles. The number of aromatic amines is 1. The van der Waals surface area contributed by atoms with Crippen molar-refractivity contribution in [3.63, 3.8) is 0 Å². The molecule has 1 aliphatic carbocycles. The van der Waals surface area contributed by atoms with Gasteiger partial charge < -0.3 is 10.3 Å². The van der Waals surface area contributed by atoms with Crippen molar-refractivity contribution in [2.24, 2.45) is 5.41 Å². The first-order valence-corrected chi connectivity index (χ1v) is 8.06. The Balaban J connectivity index is 1.91. The largest absolute Gasteiger partial charge is 0.353 e. The van der Waals surface area contributed by atoms with Gasteiger partial charge in [-0.15, -0.1) is 11.3 Å². The molecule has 1 heterocycles. The van der Waals surface area contributed by atoms with E-state index < -0.39 is 0 Å². The molecule has 1 aromatic rings. The number of thiazole rings is 1. The normalized spacial score (nSPS) is 22.2. The number of nitrogens with one attached hydrogen (secondary N) is 2. The van der Waals surface area contributed by atoms with Gasteiger partial charge in [0.25, 0.3) is 0 Å². The summed E-state index contributed by atoms with van der Waals surface area (Å²) >= 11 is 6.60. The predicted molar refractivity (Wildman–Crippen MR) is 82.1 cm³/mol. The molecule has 3 nitrogen and oxygen atoms in total. The molecule has 0 spiro atoms. The summed E-state index contributed by atoms with van der Waals surface area (Å²) in [5.74, 6) is 0.121. The highest BCUT2D eigenvalue weighted by Gasteiger charge is 2.28. The minimum atomic E-state index is 0.121. The maximum Gasteiger partial charge on any atom is 0.225 e. The van der Waals surface area contributed by atoms with Gasteiger partial charge in [0.15, 0.2) is 3.95 Å². The molecule has 1 fully saturated rings. The van der Waals surface area contributed by atoms with Gasteiger partial charge in [-0.2, -0.15) is 0 Å². The van der Waals surface area contributed by atoms with E-state index in [1.54, 1.807) is 0 Å².